The quantitative estimate of drug-likeness (QED) is 0.621. The van der Waals surface area contributed by atoms with Gasteiger partial charge >= 0.3 is 5.91 Å². The van der Waals surface area contributed by atoms with Gasteiger partial charge in [-0.1, -0.05) is 23.2 Å². The zero-order valence-electron chi connectivity index (χ0n) is 14.0. The van der Waals surface area contributed by atoms with Crippen molar-refractivity contribution in [3.63, 3.8) is 0 Å². The second-order valence-corrected chi connectivity index (χ2v) is 6.56. The molecule has 0 aliphatic rings. The maximum absolute atomic E-state index is 12.0. The van der Waals surface area contributed by atoms with E-state index in [0.717, 1.165) is 11.1 Å². The number of carbonyl (C=O) groups excluding carboxylic acids is 1. The molecular weight excluding hydrogens is 377 g/mol. The fourth-order valence-electron chi connectivity index (χ4n) is 2.53. The number of hydrogen-bond donors (Lipinski definition) is 1. The predicted molar refractivity (Wildman–Crippen MR) is 101 cm³/mol. The smallest absolute Gasteiger partial charge is 0.302 e. The Balaban J connectivity index is 1.77. The van der Waals surface area contributed by atoms with Crippen molar-refractivity contribution in [2.75, 3.05) is 6.61 Å². The summed E-state index contributed by atoms with van der Waals surface area (Å²) in [7, 11) is 1.68. The number of aromatic hydroxyl groups is 1. The molecule has 3 rings (SSSR count). The summed E-state index contributed by atoms with van der Waals surface area (Å²) in [5, 5.41) is 19.4. The van der Waals surface area contributed by atoms with E-state index in [4.69, 9.17) is 27.9 Å². The summed E-state index contributed by atoms with van der Waals surface area (Å²) in [5.74, 6) is -0.149. The molecule has 6 nitrogen and oxygen atoms in total. The SMILES string of the molecule is Cc1cc(Cl)ccc1OCC(=O)N=Nc1c(O)n(C)c2ccc(Cl)cc12. The number of ether oxygens (including phenoxy) is 1. The lowest BCUT2D eigenvalue weighted by molar-refractivity contribution is -0.120. The first-order valence-electron chi connectivity index (χ1n) is 7.67. The van der Waals surface area contributed by atoms with Crippen molar-refractivity contribution in [1.29, 1.82) is 0 Å². The molecular formula is C18H15Cl2N3O3. The summed E-state index contributed by atoms with van der Waals surface area (Å²) in [5.41, 5.74) is 1.71. The minimum atomic E-state index is -0.585. The average molecular weight is 392 g/mol. The molecule has 3 aromatic rings. The molecule has 0 spiro atoms. The number of nitrogens with zero attached hydrogens (tertiary/aromatic N) is 3. The first-order chi connectivity index (χ1) is 12.4. The van der Waals surface area contributed by atoms with Crippen LogP contribution in [0.5, 0.6) is 11.6 Å². The Morgan fingerprint density at radius 2 is 1.88 bits per heavy atom. The number of aryl methyl sites for hydroxylation is 2. The van der Waals surface area contributed by atoms with Gasteiger partial charge in [0.15, 0.2) is 12.3 Å². The van der Waals surface area contributed by atoms with Crippen LogP contribution >= 0.6 is 23.2 Å². The number of benzene rings is 2. The highest BCUT2D eigenvalue weighted by Crippen LogP contribution is 2.39. The Morgan fingerprint density at radius 1 is 1.19 bits per heavy atom. The van der Waals surface area contributed by atoms with Crippen LogP contribution in [0, 0.1) is 6.92 Å². The van der Waals surface area contributed by atoms with Gasteiger partial charge in [-0.3, -0.25) is 4.79 Å². The first-order valence-corrected chi connectivity index (χ1v) is 8.43. The second kappa shape index (κ2) is 7.35. The van der Waals surface area contributed by atoms with E-state index in [1.807, 2.05) is 6.92 Å². The topological polar surface area (TPSA) is 76.2 Å². The van der Waals surface area contributed by atoms with Gasteiger partial charge in [-0.15, -0.1) is 10.2 Å². The van der Waals surface area contributed by atoms with Crippen LogP contribution in [0.4, 0.5) is 5.69 Å². The fraction of sp³-hybridized carbons (Fsp3) is 0.167. The second-order valence-electron chi connectivity index (χ2n) is 5.68. The third-order valence-electron chi connectivity index (χ3n) is 3.85. The van der Waals surface area contributed by atoms with Crippen molar-refractivity contribution < 1.29 is 14.6 Å². The molecule has 1 aromatic heterocycles. The van der Waals surface area contributed by atoms with Gasteiger partial charge in [-0.05, 0) is 48.9 Å². The molecule has 1 N–H and O–H groups in total. The van der Waals surface area contributed by atoms with E-state index in [-0.39, 0.29) is 18.2 Å². The number of halogens is 2. The van der Waals surface area contributed by atoms with Crippen molar-refractivity contribution in [2.24, 2.45) is 17.3 Å². The highest BCUT2D eigenvalue weighted by atomic mass is 35.5. The molecule has 134 valence electrons. The van der Waals surface area contributed by atoms with Crippen LogP contribution in [0.25, 0.3) is 10.9 Å². The van der Waals surface area contributed by atoms with E-state index in [0.29, 0.717) is 21.2 Å². The third kappa shape index (κ3) is 3.66. The van der Waals surface area contributed by atoms with E-state index in [1.54, 1.807) is 43.4 Å². The minimum absolute atomic E-state index is 0.103. The summed E-state index contributed by atoms with van der Waals surface area (Å²) in [4.78, 5) is 12.0. The highest BCUT2D eigenvalue weighted by Gasteiger charge is 2.15. The molecule has 0 aliphatic carbocycles. The molecule has 0 saturated carbocycles. The van der Waals surface area contributed by atoms with E-state index in [2.05, 4.69) is 10.2 Å². The Morgan fingerprint density at radius 3 is 2.62 bits per heavy atom. The summed E-state index contributed by atoms with van der Waals surface area (Å²) in [6.45, 7) is 1.54. The minimum Gasteiger partial charge on any atom is -0.493 e. The van der Waals surface area contributed by atoms with Crippen molar-refractivity contribution in [2.45, 2.75) is 6.92 Å². The van der Waals surface area contributed by atoms with Crippen molar-refractivity contribution >= 4 is 45.7 Å². The maximum Gasteiger partial charge on any atom is 0.302 e. The van der Waals surface area contributed by atoms with Crippen molar-refractivity contribution in [1.82, 2.24) is 4.57 Å². The molecule has 2 aromatic carbocycles. The lowest BCUT2D eigenvalue weighted by Gasteiger charge is -2.06. The lowest BCUT2D eigenvalue weighted by atomic mass is 10.2. The van der Waals surface area contributed by atoms with Crippen LogP contribution < -0.4 is 4.74 Å². The number of azo groups is 1. The third-order valence-corrected chi connectivity index (χ3v) is 4.32. The molecule has 1 heterocycles. The molecule has 1 amide bonds. The van der Waals surface area contributed by atoms with E-state index >= 15 is 0 Å². The van der Waals surface area contributed by atoms with Gasteiger partial charge in [0.1, 0.15) is 5.75 Å². The summed E-state index contributed by atoms with van der Waals surface area (Å²) in [6.07, 6.45) is 0. The van der Waals surface area contributed by atoms with Gasteiger partial charge in [-0.25, -0.2) is 0 Å². The predicted octanol–water partition coefficient (Wildman–Crippen LogP) is 5.19. The van der Waals surface area contributed by atoms with Crippen LogP contribution in [0.15, 0.2) is 46.6 Å². The fourth-order valence-corrected chi connectivity index (χ4v) is 2.93. The van der Waals surface area contributed by atoms with E-state index in [1.165, 1.54) is 4.57 Å². The molecule has 0 radical (unpaired) electrons. The van der Waals surface area contributed by atoms with E-state index < -0.39 is 5.91 Å². The molecule has 8 heteroatoms. The van der Waals surface area contributed by atoms with E-state index in [9.17, 15) is 9.90 Å². The van der Waals surface area contributed by atoms with Gasteiger partial charge in [0.2, 0.25) is 5.88 Å². The summed E-state index contributed by atoms with van der Waals surface area (Å²) < 4.78 is 6.97. The number of carbonyl (C=O) groups is 1. The van der Waals surface area contributed by atoms with Crippen LogP contribution in [-0.2, 0) is 11.8 Å². The zero-order chi connectivity index (χ0) is 18.8. The first kappa shape index (κ1) is 18.2. The molecule has 0 aliphatic heterocycles. The largest absolute Gasteiger partial charge is 0.493 e. The lowest BCUT2D eigenvalue weighted by Crippen LogP contribution is -2.08. The van der Waals surface area contributed by atoms with Gasteiger partial charge < -0.3 is 14.4 Å². The number of hydrogen-bond acceptors (Lipinski definition) is 4. The number of amides is 1. The molecule has 0 fully saturated rings. The van der Waals surface area contributed by atoms with Gasteiger partial charge in [-0.2, -0.15) is 0 Å². The standard InChI is InChI=1S/C18H15Cl2N3O3/c1-10-7-11(19)4-6-15(10)26-9-16(24)21-22-17-13-8-12(20)3-5-14(13)23(2)18(17)25/h3-8,25H,9H2,1-2H3. The van der Waals surface area contributed by atoms with Crippen LogP contribution in [0.3, 0.4) is 0 Å². The number of aromatic nitrogens is 1. The van der Waals surface area contributed by atoms with Crippen molar-refractivity contribution in [3.05, 3.63) is 52.0 Å². The number of fused-ring (bicyclic) bond motifs is 1. The van der Waals surface area contributed by atoms with Gasteiger partial charge in [0.25, 0.3) is 0 Å². The zero-order valence-corrected chi connectivity index (χ0v) is 15.5. The van der Waals surface area contributed by atoms with Gasteiger partial charge in [0, 0.05) is 22.5 Å². The van der Waals surface area contributed by atoms with Crippen molar-refractivity contribution in [3.8, 4) is 11.6 Å². The Labute approximate surface area is 159 Å². The average Bonchev–Trinajstić information content (AvgIpc) is 2.82. The van der Waals surface area contributed by atoms with Gasteiger partial charge in [0.05, 0.1) is 5.52 Å². The number of rotatable bonds is 4. The molecule has 0 bridgehead atoms. The highest BCUT2D eigenvalue weighted by molar-refractivity contribution is 6.31. The molecule has 0 unspecified atom stereocenters. The van der Waals surface area contributed by atoms with Crippen LogP contribution in [-0.4, -0.2) is 22.2 Å². The molecule has 26 heavy (non-hydrogen) atoms. The maximum atomic E-state index is 12.0. The Bertz CT molecular complexity index is 1030. The van der Waals surface area contributed by atoms with Crippen LogP contribution in [0.2, 0.25) is 10.0 Å². The Hall–Kier alpha value is -2.57. The van der Waals surface area contributed by atoms with Crippen LogP contribution in [0.1, 0.15) is 5.56 Å². The monoisotopic (exact) mass is 391 g/mol. The summed E-state index contributed by atoms with van der Waals surface area (Å²) >= 11 is 11.9. The normalized spacial score (nSPS) is 11.4. The molecule has 0 atom stereocenters. The summed E-state index contributed by atoms with van der Waals surface area (Å²) in [6, 6.07) is 10.2. The Kier molecular flexibility index (Phi) is 5.15. The molecule has 0 saturated heterocycles.